The molecule has 1 saturated heterocycles. The summed E-state index contributed by atoms with van der Waals surface area (Å²) in [6.45, 7) is 6.45. The molecular formula is C15H24N2. The van der Waals surface area contributed by atoms with Gasteiger partial charge in [0.15, 0.2) is 0 Å². The zero-order valence-corrected chi connectivity index (χ0v) is 11.0. The van der Waals surface area contributed by atoms with Crippen molar-refractivity contribution in [2.24, 2.45) is 5.73 Å². The highest BCUT2D eigenvalue weighted by molar-refractivity contribution is 5.25. The summed E-state index contributed by atoms with van der Waals surface area (Å²) in [5.74, 6) is 0. The van der Waals surface area contributed by atoms with E-state index in [0.717, 1.165) is 6.54 Å². The van der Waals surface area contributed by atoms with Crippen molar-refractivity contribution in [3.05, 3.63) is 35.4 Å². The van der Waals surface area contributed by atoms with Gasteiger partial charge in [-0.2, -0.15) is 0 Å². The normalized spacial score (nSPS) is 23.6. The van der Waals surface area contributed by atoms with E-state index in [1.54, 1.807) is 0 Å². The van der Waals surface area contributed by atoms with E-state index in [1.807, 2.05) is 0 Å². The Kier molecular flexibility index (Phi) is 4.19. The number of aryl methyl sites for hydroxylation is 1. The van der Waals surface area contributed by atoms with Gasteiger partial charge in [-0.3, -0.25) is 4.90 Å². The van der Waals surface area contributed by atoms with Crippen LogP contribution in [0.15, 0.2) is 24.3 Å². The van der Waals surface area contributed by atoms with Gasteiger partial charge in [0.2, 0.25) is 0 Å². The lowest BCUT2D eigenvalue weighted by Crippen LogP contribution is -2.45. The van der Waals surface area contributed by atoms with Gasteiger partial charge < -0.3 is 5.73 Å². The van der Waals surface area contributed by atoms with Crippen LogP contribution in [0.1, 0.15) is 43.4 Å². The van der Waals surface area contributed by atoms with E-state index in [1.165, 1.54) is 36.9 Å². The minimum Gasteiger partial charge on any atom is -0.329 e. The molecule has 1 heterocycles. The van der Waals surface area contributed by atoms with E-state index in [-0.39, 0.29) is 0 Å². The van der Waals surface area contributed by atoms with E-state index in [9.17, 15) is 0 Å². The molecule has 2 nitrogen and oxygen atoms in total. The molecule has 17 heavy (non-hydrogen) atoms. The SMILES string of the molecule is Cc1cccc(C(C)N2CCCCC2CN)c1. The molecule has 1 aliphatic rings. The Labute approximate surface area is 105 Å². The Morgan fingerprint density at radius 2 is 2.24 bits per heavy atom. The molecular weight excluding hydrogens is 208 g/mol. The molecule has 0 aromatic heterocycles. The number of piperidine rings is 1. The molecule has 1 aromatic carbocycles. The molecule has 0 radical (unpaired) electrons. The van der Waals surface area contributed by atoms with Crippen LogP contribution in [0.2, 0.25) is 0 Å². The van der Waals surface area contributed by atoms with E-state index >= 15 is 0 Å². The van der Waals surface area contributed by atoms with Crippen LogP contribution in [0.3, 0.4) is 0 Å². The van der Waals surface area contributed by atoms with E-state index in [2.05, 4.69) is 43.0 Å². The first-order valence-corrected chi connectivity index (χ1v) is 6.74. The Hall–Kier alpha value is -0.860. The highest BCUT2D eigenvalue weighted by Gasteiger charge is 2.26. The van der Waals surface area contributed by atoms with Crippen LogP contribution in [-0.2, 0) is 0 Å². The Morgan fingerprint density at radius 3 is 2.94 bits per heavy atom. The van der Waals surface area contributed by atoms with Crippen molar-refractivity contribution in [1.29, 1.82) is 0 Å². The fourth-order valence-corrected chi connectivity index (χ4v) is 2.91. The number of likely N-dealkylation sites (tertiary alicyclic amines) is 1. The third-order valence-electron chi connectivity index (χ3n) is 3.97. The topological polar surface area (TPSA) is 29.3 Å². The van der Waals surface area contributed by atoms with Crippen molar-refractivity contribution < 1.29 is 0 Å². The maximum atomic E-state index is 5.90. The first-order chi connectivity index (χ1) is 8.22. The lowest BCUT2D eigenvalue weighted by molar-refractivity contribution is 0.108. The van der Waals surface area contributed by atoms with Crippen LogP contribution < -0.4 is 5.73 Å². The van der Waals surface area contributed by atoms with Crippen molar-refractivity contribution >= 4 is 0 Å². The van der Waals surface area contributed by atoms with Crippen LogP contribution >= 0.6 is 0 Å². The molecule has 1 aliphatic heterocycles. The van der Waals surface area contributed by atoms with Gasteiger partial charge in [-0.15, -0.1) is 0 Å². The predicted octanol–water partition coefficient (Wildman–Crippen LogP) is 2.87. The molecule has 0 aliphatic carbocycles. The molecule has 2 heteroatoms. The molecule has 1 aromatic rings. The van der Waals surface area contributed by atoms with Gasteiger partial charge >= 0.3 is 0 Å². The first-order valence-electron chi connectivity index (χ1n) is 6.74. The van der Waals surface area contributed by atoms with Crippen LogP contribution in [0.5, 0.6) is 0 Å². The number of hydrogen-bond donors (Lipinski definition) is 1. The molecule has 0 saturated carbocycles. The van der Waals surface area contributed by atoms with Gasteiger partial charge in [-0.25, -0.2) is 0 Å². The smallest absolute Gasteiger partial charge is 0.0323 e. The lowest BCUT2D eigenvalue weighted by atomic mass is 9.96. The summed E-state index contributed by atoms with van der Waals surface area (Å²) in [4.78, 5) is 2.58. The minimum absolute atomic E-state index is 0.490. The van der Waals surface area contributed by atoms with Gasteiger partial charge in [0.25, 0.3) is 0 Å². The molecule has 94 valence electrons. The van der Waals surface area contributed by atoms with Crippen LogP contribution in [-0.4, -0.2) is 24.0 Å². The number of nitrogens with two attached hydrogens (primary N) is 1. The Morgan fingerprint density at radius 1 is 1.41 bits per heavy atom. The van der Waals surface area contributed by atoms with Gasteiger partial charge in [0.05, 0.1) is 0 Å². The van der Waals surface area contributed by atoms with E-state index in [0.29, 0.717) is 12.1 Å². The Bertz CT molecular complexity index is 362. The number of benzene rings is 1. The van der Waals surface area contributed by atoms with Crippen molar-refractivity contribution in [1.82, 2.24) is 4.90 Å². The van der Waals surface area contributed by atoms with Gasteiger partial charge in [0, 0.05) is 18.6 Å². The maximum Gasteiger partial charge on any atom is 0.0323 e. The van der Waals surface area contributed by atoms with E-state index in [4.69, 9.17) is 5.73 Å². The molecule has 0 amide bonds. The standard InChI is InChI=1S/C15H24N2/c1-12-6-5-7-14(10-12)13(2)17-9-4-3-8-15(17)11-16/h5-7,10,13,15H,3-4,8-9,11,16H2,1-2H3. The summed E-state index contributed by atoms with van der Waals surface area (Å²) in [7, 11) is 0. The van der Waals surface area contributed by atoms with Crippen molar-refractivity contribution in [2.75, 3.05) is 13.1 Å². The fourth-order valence-electron chi connectivity index (χ4n) is 2.91. The van der Waals surface area contributed by atoms with Gasteiger partial charge in [-0.1, -0.05) is 36.2 Å². The number of rotatable bonds is 3. The second-order valence-electron chi connectivity index (χ2n) is 5.21. The van der Waals surface area contributed by atoms with Crippen LogP contribution in [0.25, 0.3) is 0 Å². The molecule has 1 fully saturated rings. The van der Waals surface area contributed by atoms with Crippen LogP contribution in [0.4, 0.5) is 0 Å². The highest BCUT2D eigenvalue weighted by atomic mass is 15.2. The largest absolute Gasteiger partial charge is 0.329 e. The van der Waals surface area contributed by atoms with E-state index < -0.39 is 0 Å². The summed E-state index contributed by atoms with van der Waals surface area (Å²) in [6, 6.07) is 9.91. The van der Waals surface area contributed by atoms with Crippen molar-refractivity contribution in [3.63, 3.8) is 0 Å². The quantitative estimate of drug-likeness (QED) is 0.868. The molecule has 2 N–H and O–H groups in total. The highest BCUT2D eigenvalue weighted by Crippen LogP contribution is 2.28. The Balaban J connectivity index is 2.15. The molecule has 0 bridgehead atoms. The summed E-state index contributed by atoms with van der Waals surface area (Å²) in [5, 5.41) is 0. The monoisotopic (exact) mass is 232 g/mol. The number of nitrogens with zero attached hydrogens (tertiary/aromatic N) is 1. The lowest BCUT2D eigenvalue weighted by Gasteiger charge is -2.39. The summed E-state index contributed by atoms with van der Waals surface area (Å²) in [5.41, 5.74) is 8.66. The third-order valence-corrected chi connectivity index (χ3v) is 3.97. The number of hydrogen-bond acceptors (Lipinski definition) is 2. The van der Waals surface area contributed by atoms with Gasteiger partial charge in [0.1, 0.15) is 0 Å². The fraction of sp³-hybridized carbons (Fsp3) is 0.600. The average molecular weight is 232 g/mol. The van der Waals surface area contributed by atoms with Crippen molar-refractivity contribution in [2.45, 2.75) is 45.2 Å². The second kappa shape index (κ2) is 5.65. The minimum atomic E-state index is 0.490. The second-order valence-corrected chi connectivity index (χ2v) is 5.21. The molecule has 2 atom stereocenters. The van der Waals surface area contributed by atoms with Gasteiger partial charge in [-0.05, 0) is 38.8 Å². The molecule has 2 unspecified atom stereocenters. The maximum absolute atomic E-state index is 5.90. The first kappa shape index (κ1) is 12.6. The average Bonchev–Trinajstić information content (AvgIpc) is 2.38. The third kappa shape index (κ3) is 2.88. The summed E-state index contributed by atoms with van der Waals surface area (Å²) < 4.78 is 0. The van der Waals surface area contributed by atoms with Crippen LogP contribution in [0, 0.1) is 6.92 Å². The zero-order valence-electron chi connectivity index (χ0n) is 11.0. The predicted molar refractivity (Wildman–Crippen MR) is 73.0 cm³/mol. The summed E-state index contributed by atoms with van der Waals surface area (Å²) >= 11 is 0. The zero-order chi connectivity index (χ0) is 12.3. The summed E-state index contributed by atoms with van der Waals surface area (Å²) in [6.07, 6.45) is 3.90. The van der Waals surface area contributed by atoms with Crippen molar-refractivity contribution in [3.8, 4) is 0 Å². The molecule has 2 rings (SSSR count). The molecule has 0 spiro atoms.